The molecule has 3 nitrogen and oxygen atoms in total. The van der Waals surface area contributed by atoms with E-state index in [2.05, 4.69) is 0 Å². The van der Waals surface area contributed by atoms with E-state index < -0.39 is 0 Å². The fraction of sp³-hybridized carbons (Fsp3) is 0.857. The second kappa shape index (κ2) is 4.57. The molecule has 1 amide bonds. The van der Waals surface area contributed by atoms with Crippen molar-refractivity contribution in [1.29, 1.82) is 0 Å². The third kappa shape index (κ3) is 2.67. The number of carbonyl (C=O) groups excluding carboxylic acids is 1. The minimum absolute atomic E-state index is 0. The normalized spacial score (nSPS) is 19.3. The fourth-order valence-corrected chi connectivity index (χ4v) is 1.23. The highest BCUT2D eigenvalue weighted by Gasteiger charge is 2.19. The molecular formula is C7H15ClN2O. The summed E-state index contributed by atoms with van der Waals surface area (Å²) in [5.74, 6) is 0.0949. The van der Waals surface area contributed by atoms with Gasteiger partial charge in [-0.15, -0.1) is 12.4 Å². The monoisotopic (exact) mass is 178 g/mol. The van der Waals surface area contributed by atoms with Crippen LogP contribution < -0.4 is 5.73 Å². The molecule has 1 saturated heterocycles. The van der Waals surface area contributed by atoms with Crippen LogP contribution in [0.2, 0.25) is 0 Å². The number of halogens is 1. The Morgan fingerprint density at radius 2 is 1.91 bits per heavy atom. The quantitative estimate of drug-likeness (QED) is 0.631. The van der Waals surface area contributed by atoms with Crippen molar-refractivity contribution in [1.82, 2.24) is 4.90 Å². The first-order valence-electron chi connectivity index (χ1n) is 3.76. The summed E-state index contributed by atoms with van der Waals surface area (Å²) < 4.78 is 0. The second-order valence-corrected chi connectivity index (χ2v) is 2.82. The highest BCUT2D eigenvalue weighted by Crippen LogP contribution is 2.07. The average molecular weight is 179 g/mol. The maximum absolute atomic E-state index is 11.1. The number of rotatable bonds is 1. The average Bonchev–Trinajstić information content (AvgIpc) is 2.36. The molecule has 0 unspecified atom stereocenters. The van der Waals surface area contributed by atoms with E-state index in [9.17, 15) is 4.79 Å². The van der Waals surface area contributed by atoms with Gasteiger partial charge in [-0.05, 0) is 19.8 Å². The van der Waals surface area contributed by atoms with E-state index in [-0.39, 0.29) is 24.4 Å². The molecule has 1 atom stereocenters. The molecule has 66 valence electrons. The van der Waals surface area contributed by atoms with E-state index in [1.165, 1.54) is 0 Å². The second-order valence-electron chi connectivity index (χ2n) is 2.82. The first kappa shape index (κ1) is 10.7. The molecule has 1 aliphatic rings. The van der Waals surface area contributed by atoms with Crippen LogP contribution in [0.15, 0.2) is 0 Å². The molecule has 0 aromatic rings. The predicted molar refractivity (Wildman–Crippen MR) is 46.7 cm³/mol. The minimum atomic E-state index is -0.321. The molecule has 0 radical (unpaired) electrons. The van der Waals surface area contributed by atoms with Gasteiger partial charge < -0.3 is 10.6 Å². The summed E-state index contributed by atoms with van der Waals surface area (Å²) in [4.78, 5) is 13.0. The molecule has 11 heavy (non-hydrogen) atoms. The van der Waals surface area contributed by atoms with Crippen LogP contribution >= 0.6 is 12.4 Å². The number of nitrogens with two attached hydrogens (primary N) is 1. The van der Waals surface area contributed by atoms with Crippen LogP contribution in [0.25, 0.3) is 0 Å². The van der Waals surface area contributed by atoms with Gasteiger partial charge in [0, 0.05) is 13.1 Å². The van der Waals surface area contributed by atoms with Crippen LogP contribution in [0.5, 0.6) is 0 Å². The van der Waals surface area contributed by atoms with Gasteiger partial charge in [0.05, 0.1) is 6.04 Å². The Labute approximate surface area is 73.3 Å². The van der Waals surface area contributed by atoms with Crippen molar-refractivity contribution in [2.45, 2.75) is 25.8 Å². The van der Waals surface area contributed by atoms with Crippen molar-refractivity contribution >= 4 is 18.3 Å². The Hall–Kier alpha value is -0.280. The molecule has 0 spiro atoms. The van der Waals surface area contributed by atoms with Gasteiger partial charge in [-0.25, -0.2) is 0 Å². The Balaban J connectivity index is 0.000001000. The SMILES string of the molecule is C[C@H](N)C(=O)N1CCCC1.Cl. The van der Waals surface area contributed by atoms with Gasteiger partial charge >= 0.3 is 0 Å². The van der Waals surface area contributed by atoms with Gasteiger partial charge in [-0.2, -0.15) is 0 Å². The molecule has 1 fully saturated rings. The molecular weight excluding hydrogens is 164 g/mol. The topological polar surface area (TPSA) is 46.3 Å². The third-order valence-electron chi connectivity index (χ3n) is 1.81. The lowest BCUT2D eigenvalue weighted by Crippen LogP contribution is -2.40. The molecule has 2 N–H and O–H groups in total. The van der Waals surface area contributed by atoms with E-state index in [1.807, 2.05) is 4.90 Å². The Kier molecular flexibility index (Phi) is 4.45. The number of hydrogen-bond acceptors (Lipinski definition) is 2. The zero-order valence-corrected chi connectivity index (χ0v) is 7.56. The highest BCUT2D eigenvalue weighted by molar-refractivity contribution is 5.85. The third-order valence-corrected chi connectivity index (χ3v) is 1.81. The summed E-state index contributed by atoms with van der Waals surface area (Å²) in [5, 5.41) is 0. The summed E-state index contributed by atoms with van der Waals surface area (Å²) in [6, 6.07) is -0.321. The molecule has 0 aromatic heterocycles. The lowest BCUT2D eigenvalue weighted by atomic mass is 10.3. The van der Waals surface area contributed by atoms with Crippen LogP contribution in [0.3, 0.4) is 0 Å². The van der Waals surface area contributed by atoms with Crippen molar-refractivity contribution in [2.75, 3.05) is 13.1 Å². The van der Waals surface area contributed by atoms with E-state index in [1.54, 1.807) is 6.92 Å². The fourth-order valence-electron chi connectivity index (χ4n) is 1.23. The van der Waals surface area contributed by atoms with Crippen molar-refractivity contribution in [2.24, 2.45) is 5.73 Å². The molecule has 0 aliphatic carbocycles. The maximum atomic E-state index is 11.1. The molecule has 1 rings (SSSR count). The van der Waals surface area contributed by atoms with Crippen molar-refractivity contribution in [3.8, 4) is 0 Å². The number of carbonyl (C=O) groups is 1. The largest absolute Gasteiger partial charge is 0.341 e. The maximum Gasteiger partial charge on any atom is 0.239 e. The van der Waals surface area contributed by atoms with Gasteiger partial charge in [0.25, 0.3) is 0 Å². The molecule has 0 aromatic carbocycles. The van der Waals surface area contributed by atoms with Crippen LogP contribution in [0.1, 0.15) is 19.8 Å². The first-order chi connectivity index (χ1) is 4.72. The predicted octanol–water partition coefficient (Wildman–Crippen LogP) is 0.378. The van der Waals surface area contributed by atoms with Crippen LogP contribution in [-0.2, 0) is 4.79 Å². The smallest absolute Gasteiger partial charge is 0.239 e. The van der Waals surface area contributed by atoms with E-state index >= 15 is 0 Å². The van der Waals surface area contributed by atoms with Crippen molar-refractivity contribution in [3.05, 3.63) is 0 Å². The minimum Gasteiger partial charge on any atom is -0.341 e. The van der Waals surface area contributed by atoms with E-state index in [4.69, 9.17) is 5.73 Å². The number of likely N-dealkylation sites (tertiary alicyclic amines) is 1. The Morgan fingerprint density at radius 1 is 1.45 bits per heavy atom. The Morgan fingerprint density at radius 3 is 2.27 bits per heavy atom. The molecule has 1 aliphatic heterocycles. The zero-order valence-electron chi connectivity index (χ0n) is 6.75. The summed E-state index contributed by atoms with van der Waals surface area (Å²) in [6.45, 7) is 3.54. The summed E-state index contributed by atoms with van der Waals surface area (Å²) in [5.41, 5.74) is 5.42. The summed E-state index contributed by atoms with van der Waals surface area (Å²) >= 11 is 0. The van der Waals surface area contributed by atoms with Gasteiger partial charge in [0.15, 0.2) is 0 Å². The van der Waals surface area contributed by atoms with Gasteiger partial charge in [0.2, 0.25) is 5.91 Å². The highest BCUT2D eigenvalue weighted by atomic mass is 35.5. The molecule has 1 heterocycles. The van der Waals surface area contributed by atoms with Crippen LogP contribution in [0.4, 0.5) is 0 Å². The van der Waals surface area contributed by atoms with Crippen molar-refractivity contribution < 1.29 is 4.79 Å². The van der Waals surface area contributed by atoms with Gasteiger partial charge in [-0.3, -0.25) is 4.79 Å². The first-order valence-corrected chi connectivity index (χ1v) is 3.76. The Bertz CT molecular complexity index is 132. The standard InChI is InChI=1S/C7H14N2O.ClH/c1-6(8)7(10)9-4-2-3-5-9;/h6H,2-5,8H2,1H3;1H/t6-;/m0./s1. The lowest BCUT2D eigenvalue weighted by Gasteiger charge is -2.16. The summed E-state index contributed by atoms with van der Waals surface area (Å²) in [7, 11) is 0. The summed E-state index contributed by atoms with van der Waals surface area (Å²) in [6.07, 6.45) is 2.27. The molecule has 0 bridgehead atoms. The van der Waals surface area contributed by atoms with Crippen molar-refractivity contribution in [3.63, 3.8) is 0 Å². The van der Waals surface area contributed by atoms with Crippen LogP contribution in [0, 0.1) is 0 Å². The van der Waals surface area contributed by atoms with E-state index in [0.29, 0.717) is 0 Å². The van der Waals surface area contributed by atoms with Gasteiger partial charge in [0.1, 0.15) is 0 Å². The van der Waals surface area contributed by atoms with E-state index in [0.717, 1.165) is 25.9 Å². The number of hydrogen-bond donors (Lipinski definition) is 1. The molecule has 4 heteroatoms. The lowest BCUT2D eigenvalue weighted by molar-refractivity contribution is -0.131. The van der Waals surface area contributed by atoms with Crippen LogP contribution in [-0.4, -0.2) is 29.9 Å². The number of nitrogens with zero attached hydrogens (tertiary/aromatic N) is 1. The zero-order chi connectivity index (χ0) is 7.56. The van der Waals surface area contributed by atoms with Gasteiger partial charge in [-0.1, -0.05) is 0 Å². The molecule has 0 saturated carbocycles. The number of amides is 1.